The van der Waals surface area contributed by atoms with Gasteiger partial charge < -0.3 is 0 Å². The topological polar surface area (TPSA) is 55.7 Å². The monoisotopic (exact) mass is 321 g/mol. The average molecular weight is 321 g/mol. The van der Waals surface area contributed by atoms with Gasteiger partial charge in [-0.3, -0.25) is 4.28 Å². The predicted octanol–water partition coefficient (Wildman–Crippen LogP) is 3.66. The maximum atomic E-state index is 11.8. The lowest BCUT2D eigenvalue weighted by molar-refractivity contribution is 0.339. The molecule has 2 aromatic rings. The van der Waals surface area contributed by atoms with E-state index in [9.17, 15) is 8.42 Å². The lowest BCUT2D eigenvalue weighted by Gasteiger charge is -2.03. The Morgan fingerprint density at radius 1 is 1.05 bits per heavy atom. The van der Waals surface area contributed by atoms with Crippen molar-refractivity contribution >= 4 is 26.9 Å². The molecule has 0 aromatic heterocycles. The molecule has 0 bridgehead atoms. The quantitative estimate of drug-likeness (QED) is 0.365. The second-order valence-electron chi connectivity index (χ2n) is 4.29. The normalized spacial score (nSPS) is 12.1. The van der Waals surface area contributed by atoms with Crippen LogP contribution in [0.15, 0.2) is 70.7 Å². The van der Waals surface area contributed by atoms with Gasteiger partial charge in [-0.15, -0.1) is 0 Å². The maximum absolute atomic E-state index is 11.8. The van der Waals surface area contributed by atoms with Gasteiger partial charge in [0, 0.05) is 4.90 Å². The minimum absolute atomic E-state index is 0.194. The second-order valence-corrected chi connectivity index (χ2v) is 7.11. The molecule has 0 fully saturated rings. The highest BCUT2D eigenvalue weighted by atomic mass is 32.2. The predicted molar refractivity (Wildman–Crippen MR) is 85.6 cm³/mol. The molecule has 4 nitrogen and oxygen atoms in total. The van der Waals surface area contributed by atoms with Crippen molar-refractivity contribution in [3.8, 4) is 0 Å². The Kier molecular flexibility index (Phi) is 5.41. The fourth-order valence-electron chi connectivity index (χ4n) is 1.59. The third-order valence-corrected chi connectivity index (χ3v) is 4.34. The summed E-state index contributed by atoms with van der Waals surface area (Å²) in [6.45, 7) is 1.70. The third-order valence-electron chi connectivity index (χ3n) is 2.47. The Labute approximate surface area is 129 Å². The van der Waals surface area contributed by atoms with Crippen molar-refractivity contribution in [1.82, 2.24) is 0 Å². The van der Waals surface area contributed by atoms with Crippen molar-refractivity contribution in [2.24, 2.45) is 5.16 Å². The number of nitrogens with zero attached hydrogens (tertiary/aromatic N) is 1. The molecule has 0 radical (unpaired) electrons. The van der Waals surface area contributed by atoms with Crippen molar-refractivity contribution in [1.29, 1.82) is 0 Å². The largest absolute Gasteiger partial charge is 0.332 e. The first-order valence-corrected chi connectivity index (χ1v) is 8.67. The molecule has 6 heteroatoms. The number of oxime groups is 1. The zero-order valence-corrected chi connectivity index (χ0v) is 13.1. The van der Waals surface area contributed by atoms with Crippen molar-refractivity contribution in [2.45, 2.75) is 17.6 Å². The van der Waals surface area contributed by atoms with Crippen LogP contribution in [0, 0.1) is 0 Å². The molecule has 0 saturated heterocycles. The Balaban J connectivity index is 1.95. The van der Waals surface area contributed by atoms with E-state index in [2.05, 4.69) is 5.16 Å². The van der Waals surface area contributed by atoms with E-state index in [1.54, 1.807) is 31.2 Å². The molecule has 0 amide bonds. The molecule has 0 aliphatic carbocycles. The zero-order chi connectivity index (χ0) is 15.1. The molecular weight excluding hydrogens is 306 g/mol. The Hall–Kier alpha value is -1.79. The number of rotatable bonds is 5. The summed E-state index contributed by atoms with van der Waals surface area (Å²) < 4.78 is 28.3. The molecule has 0 atom stereocenters. The Morgan fingerprint density at radius 2 is 1.62 bits per heavy atom. The Morgan fingerprint density at radius 3 is 2.24 bits per heavy atom. The average Bonchev–Trinajstić information content (AvgIpc) is 2.47. The minimum atomic E-state index is -3.72. The summed E-state index contributed by atoms with van der Waals surface area (Å²) in [4.78, 5) is 0.975. The summed E-state index contributed by atoms with van der Waals surface area (Å²) in [6, 6.07) is 18.4. The minimum Gasteiger partial charge on any atom is -0.267 e. The van der Waals surface area contributed by atoms with Crippen LogP contribution in [0.25, 0.3) is 0 Å². The van der Waals surface area contributed by atoms with Crippen LogP contribution in [0.2, 0.25) is 0 Å². The first-order valence-electron chi connectivity index (χ1n) is 6.28. The van der Waals surface area contributed by atoms with Crippen LogP contribution in [0.5, 0.6) is 0 Å². The van der Waals surface area contributed by atoms with Gasteiger partial charge in [0.1, 0.15) is 10.8 Å². The maximum Gasteiger partial charge on any atom is 0.332 e. The summed E-state index contributed by atoms with van der Waals surface area (Å²) in [5, 5.41) is 4.20. The van der Waals surface area contributed by atoms with Crippen LogP contribution < -0.4 is 0 Å². The molecule has 0 N–H and O–H groups in total. The van der Waals surface area contributed by atoms with Gasteiger partial charge in [0.05, 0.1) is 0 Å². The third kappa shape index (κ3) is 5.61. The van der Waals surface area contributed by atoms with E-state index >= 15 is 0 Å². The molecule has 2 rings (SSSR count). The summed E-state index contributed by atoms with van der Waals surface area (Å²) in [5.74, 6) is -0.194. The second kappa shape index (κ2) is 7.28. The summed E-state index contributed by atoms with van der Waals surface area (Å²) >= 11 is 1.35. The lowest BCUT2D eigenvalue weighted by Crippen LogP contribution is -2.06. The molecule has 0 aliphatic heterocycles. The molecule has 0 saturated carbocycles. The van der Waals surface area contributed by atoms with Crippen molar-refractivity contribution in [3.63, 3.8) is 0 Å². The van der Waals surface area contributed by atoms with Crippen LogP contribution in [0.1, 0.15) is 12.5 Å². The highest BCUT2D eigenvalue weighted by Crippen LogP contribution is 2.19. The van der Waals surface area contributed by atoms with Gasteiger partial charge in [-0.25, -0.2) is 0 Å². The van der Waals surface area contributed by atoms with Gasteiger partial charge in [0.15, 0.2) is 0 Å². The number of hydrogen-bond acceptors (Lipinski definition) is 5. The first-order chi connectivity index (χ1) is 10.1. The van der Waals surface area contributed by atoms with E-state index in [-0.39, 0.29) is 5.75 Å². The molecule has 0 aliphatic rings. The fourth-order valence-corrected chi connectivity index (χ4v) is 3.23. The van der Waals surface area contributed by atoms with E-state index in [1.807, 2.05) is 36.4 Å². The van der Waals surface area contributed by atoms with E-state index in [1.165, 1.54) is 11.8 Å². The summed E-state index contributed by atoms with van der Waals surface area (Å²) in [7, 11) is -3.72. The van der Waals surface area contributed by atoms with Crippen LogP contribution in [-0.2, 0) is 20.2 Å². The molecular formula is C15H15NO3S2. The van der Waals surface area contributed by atoms with Gasteiger partial charge in [-0.05, 0) is 24.6 Å². The lowest BCUT2D eigenvalue weighted by atomic mass is 10.2. The van der Waals surface area contributed by atoms with Crippen LogP contribution in [-0.4, -0.2) is 13.5 Å². The summed E-state index contributed by atoms with van der Waals surface area (Å²) in [5.41, 5.74) is 0.668. The van der Waals surface area contributed by atoms with Gasteiger partial charge >= 0.3 is 10.1 Å². The van der Waals surface area contributed by atoms with E-state index < -0.39 is 10.1 Å². The molecule has 110 valence electrons. The molecule has 0 unspecified atom stereocenters. The van der Waals surface area contributed by atoms with E-state index in [4.69, 9.17) is 4.28 Å². The smallest absolute Gasteiger partial charge is 0.267 e. The fraction of sp³-hybridized carbons (Fsp3) is 0.133. The number of hydrogen-bond donors (Lipinski definition) is 0. The van der Waals surface area contributed by atoms with Crippen LogP contribution in [0.3, 0.4) is 0 Å². The van der Waals surface area contributed by atoms with Gasteiger partial charge in [-0.1, -0.05) is 65.4 Å². The molecule has 21 heavy (non-hydrogen) atoms. The molecule has 2 aromatic carbocycles. The van der Waals surface area contributed by atoms with E-state index in [0.29, 0.717) is 10.6 Å². The summed E-state index contributed by atoms with van der Waals surface area (Å²) in [6.07, 6.45) is 0. The standard InChI is InChI=1S/C15H15NO3S2/c1-13(20-15-10-6-3-7-11-15)16-19-21(17,18)12-14-8-4-2-5-9-14/h2-11H,12H2,1H3/b16-13-. The Bertz CT molecular complexity index is 698. The van der Waals surface area contributed by atoms with Gasteiger partial charge in [0.25, 0.3) is 0 Å². The van der Waals surface area contributed by atoms with Crippen LogP contribution in [0.4, 0.5) is 0 Å². The highest BCUT2D eigenvalue weighted by molar-refractivity contribution is 8.13. The number of benzene rings is 2. The highest BCUT2D eigenvalue weighted by Gasteiger charge is 2.13. The SMILES string of the molecule is C/C(=N/OS(=O)(=O)Cc1ccccc1)Sc1ccccc1. The van der Waals surface area contributed by atoms with Gasteiger partial charge in [0.2, 0.25) is 0 Å². The van der Waals surface area contributed by atoms with Crippen molar-refractivity contribution in [3.05, 3.63) is 66.2 Å². The van der Waals surface area contributed by atoms with Crippen molar-refractivity contribution < 1.29 is 12.7 Å². The van der Waals surface area contributed by atoms with Gasteiger partial charge in [-0.2, -0.15) is 8.42 Å². The van der Waals surface area contributed by atoms with E-state index in [0.717, 1.165) is 4.90 Å². The first kappa shape index (κ1) is 15.6. The zero-order valence-electron chi connectivity index (χ0n) is 11.5. The molecule has 0 heterocycles. The number of thioether (sulfide) groups is 1. The molecule has 0 spiro atoms. The van der Waals surface area contributed by atoms with Crippen LogP contribution >= 0.6 is 11.8 Å². The van der Waals surface area contributed by atoms with Crippen molar-refractivity contribution in [2.75, 3.05) is 0 Å².